The van der Waals surface area contributed by atoms with E-state index in [2.05, 4.69) is 4.98 Å². The van der Waals surface area contributed by atoms with Crippen molar-refractivity contribution in [2.24, 2.45) is 0 Å². The average Bonchev–Trinajstić information content (AvgIpc) is 2.15. The van der Waals surface area contributed by atoms with Gasteiger partial charge in [0.1, 0.15) is 5.75 Å². The summed E-state index contributed by atoms with van der Waals surface area (Å²) in [5.74, 6) is 0.111. The van der Waals surface area contributed by atoms with Crippen LogP contribution in [-0.4, -0.2) is 26.9 Å². The fraction of sp³-hybridized carbons (Fsp3) is 0.500. The number of nitrogens with zero attached hydrogens (tertiary/aromatic N) is 1. The van der Waals surface area contributed by atoms with Crippen molar-refractivity contribution in [2.75, 3.05) is 6.61 Å². The maximum atomic E-state index is 9.61. The summed E-state index contributed by atoms with van der Waals surface area (Å²) in [5, 5.41) is 27.8. The van der Waals surface area contributed by atoms with Gasteiger partial charge in [-0.05, 0) is 19.4 Å². The molecule has 1 aromatic heterocycles. The molecule has 14 heavy (non-hydrogen) atoms. The van der Waals surface area contributed by atoms with Gasteiger partial charge in [0.05, 0.1) is 11.8 Å². The van der Waals surface area contributed by atoms with E-state index in [9.17, 15) is 10.2 Å². The number of aromatic hydroxyl groups is 1. The number of aryl methyl sites for hydroxylation is 1. The van der Waals surface area contributed by atoms with Gasteiger partial charge in [-0.3, -0.25) is 4.98 Å². The van der Waals surface area contributed by atoms with Crippen LogP contribution in [0.3, 0.4) is 0 Å². The summed E-state index contributed by atoms with van der Waals surface area (Å²) < 4.78 is 0. The van der Waals surface area contributed by atoms with E-state index in [0.29, 0.717) is 16.8 Å². The van der Waals surface area contributed by atoms with Gasteiger partial charge in [0.15, 0.2) is 0 Å². The lowest BCUT2D eigenvalue weighted by Crippen LogP contribution is -2.04. The second-order valence-electron chi connectivity index (χ2n) is 3.30. The molecule has 1 atom stereocenters. The SMILES string of the molecule is Cc1ncc(C(O)CCO)c(C)c1O. The number of hydrogen-bond acceptors (Lipinski definition) is 4. The summed E-state index contributed by atoms with van der Waals surface area (Å²) in [6.45, 7) is 3.33. The van der Waals surface area contributed by atoms with Crippen molar-refractivity contribution >= 4 is 0 Å². The average molecular weight is 197 g/mol. The Morgan fingerprint density at radius 2 is 2.07 bits per heavy atom. The second-order valence-corrected chi connectivity index (χ2v) is 3.30. The fourth-order valence-electron chi connectivity index (χ4n) is 1.35. The quantitative estimate of drug-likeness (QED) is 0.670. The van der Waals surface area contributed by atoms with Crippen LogP contribution in [0, 0.1) is 13.8 Å². The summed E-state index contributed by atoms with van der Waals surface area (Å²) >= 11 is 0. The monoisotopic (exact) mass is 197 g/mol. The minimum absolute atomic E-state index is 0.0881. The van der Waals surface area contributed by atoms with Crippen molar-refractivity contribution in [2.45, 2.75) is 26.4 Å². The Morgan fingerprint density at radius 3 is 2.64 bits per heavy atom. The minimum atomic E-state index is -0.765. The van der Waals surface area contributed by atoms with Gasteiger partial charge in [0.2, 0.25) is 0 Å². The molecule has 1 rings (SSSR count). The van der Waals surface area contributed by atoms with Crippen LogP contribution in [0.4, 0.5) is 0 Å². The second kappa shape index (κ2) is 4.39. The number of aliphatic hydroxyl groups is 2. The lowest BCUT2D eigenvalue weighted by Gasteiger charge is -2.13. The van der Waals surface area contributed by atoms with Gasteiger partial charge < -0.3 is 15.3 Å². The first-order chi connectivity index (χ1) is 6.57. The zero-order valence-electron chi connectivity index (χ0n) is 8.36. The van der Waals surface area contributed by atoms with Crippen LogP contribution in [0.25, 0.3) is 0 Å². The molecule has 0 aliphatic heterocycles. The molecule has 0 spiro atoms. The van der Waals surface area contributed by atoms with Crippen LogP contribution >= 0.6 is 0 Å². The zero-order chi connectivity index (χ0) is 10.7. The third-order valence-corrected chi connectivity index (χ3v) is 2.29. The Balaban J connectivity index is 3.04. The summed E-state index contributed by atoms with van der Waals surface area (Å²) in [4.78, 5) is 3.95. The van der Waals surface area contributed by atoms with E-state index >= 15 is 0 Å². The van der Waals surface area contributed by atoms with Gasteiger partial charge in [-0.25, -0.2) is 0 Å². The molecular weight excluding hydrogens is 182 g/mol. The number of aromatic nitrogens is 1. The van der Waals surface area contributed by atoms with Crippen LogP contribution in [0.2, 0.25) is 0 Å². The van der Waals surface area contributed by atoms with E-state index in [-0.39, 0.29) is 18.8 Å². The third-order valence-electron chi connectivity index (χ3n) is 2.29. The first-order valence-corrected chi connectivity index (χ1v) is 4.52. The molecule has 0 aliphatic carbocycles. The topological polar surface area (TPSA) is 73.6 Å². The molecule has 0 radical (unpaired) electrons. The van der Waals surface area contributed by atoms with Gasteiger partial charge >= 0.3 is 0 Å². The Labute approximate surface area is 82.9 Å². The highest BCUT2D eigenvalue weighted by Crippen LogP contribution is 2.27. The maximum Gasteiger partial charge on any atom is 0.140 e. The highest BCUT2D eigenvalue weighted by molar-refractivity contribution is 5.40. The van der Waals surface area contributed by atoms with Gasteiger partial charge in [-0.2, -0.15) is 0 Å². The molecule has 78 valence electrons. The molecule has 0 fully saturated rings. The molecule has 0 aromatic carbocycles. The lowest BCUT2D eigenvalue weighted by molar-refractivity contribution is 0.133. The Hall–Kier alpha value is -1.13. The normalized spacial score (nSPS) is 12.9. The van der Waals surface area contributed by atoms with Crippen LogP contribution in [0.5, 0.6) is 5.75 Å². The summed E-state index contributed by atoms with van der Waals surface area (Å²) in [7, 11) is 0. The van der Waals surface area contributed by atoms with E-state index in [0.717, 1.165) is 0 Å². The largest absolute Gasteiger partial charge is 0.506 e. The number of rotatable bonds is 3. The number of pyridine rings is 1. The van der Waals surface area contributed by atoms with E-state index in [1.807, 2.05) is 0 Å². The Kier molecular flexibility index (Phi) is 3.43. The van der Waals surface area contributed by atoms with Crippen LogP contribution in [-0.2, 0) is 0 Å². The zero-order valence-corrected chi connectivity index (χ0v) is 8.36. The van der Waals surface area contributed by atoms with Crippen molar-refractivity contribution in [3.8, 4) is 5.75 Å². The summed E-state index contributed by atoms with van der Waals surface area (Å²) in [5.41, 5.74) is 1.74. The van der Waals surface area contributed by atoms with E-state index < -0.39 is 6.10 Å². The molecule has 0 saturated heterocycles. The lowest BCUT2D eigenvalue weighted by atomic mass is 10.0. The molecule has 3 N–H and O–H groups in total. The Bertz CT molecular complexity index is 325. The van der Waals surface area contributed by atoms with Crippen molar-refractivity contribution in [1.82, 2.24) is 4.98 Å². The third kappa shape index (κ3) is 2.02. The van der Waals surface area contributed by atoms with Crippen LogP contribution < -0.4 is 0 Å². The van der Waals surface area contributed by atoms with Crippen molar-refractivity contribution < 1.29 is 15.3 Å². The molecule has 0 bridgehead atoms. The van der Waals surface area contributed by atoms with Crippen molar-refractivity contribution in [1.29, 1.82) is 0 Å². The van der Waals surface area contributed by atoms with Crippen LogP contribution in [0.1, 0.15) is 29.3 Å². The Morgan fingerprint density at radius 1 is 1.43 bits per heavy atom. The van der Waals surface area contributed by atoms with Gasteiger partial charge in [-0.1, -0.05) is 0 Å². The predicted molar refractivity (Wildman–Crippen MR) is 52.0 cm³/mol. The number of aliphatic hydroxyl groups excluding tert-OH is 2. The summed E-state index contributed by atoms with van der Waals surface area (Å²) in [6, 6.07) is 0. The highest BCUT2D eigenvalue weighted by atomic mass is 16.3. The molecule has 4 nitrogen and oxygen atoms in total. The first-order valence-electron chi connectivity index (χ1n) is 4.52. The molecule has 1 aromatic rings. The molecule has 4 heteroatoms. The maximum absolute atomic E-state index is 9.61. The molecule has 1 heterocycles. The standard InChI is InChI=1S/C10H15NO3/c1-6-8(9(13)3-4-12)5-11-7(2)10(6)14/h5,9,12-14H,3-4H2,1-2H3. The van der Waals surface area contributed by atoms with Crippen molar-refractivity contribution in [3.63, 3.8) is 0 Å². The van der Waals surface area contributed by atoms with E-state index in [1.165, 1.54) is 6.20 Å². The fourth-order valence-corrected chi connectivity index (χ4v) is 1.35. The molecule has 1 unspecified atom stereocenters. The summed E-state index contributed by atoms with van der Waals surface area (Å²) in [6.07, 6.45) is 1.02. The molecule has 0 saturated carbocycles. The highest BCUT2D eigenvalue weighted by Gasteiger charge is 2.14. The minimum Gasteiger partial charge on any atom is -0.506 e. The molecule has 0 aliphatic rings. The smallest absolute Gasteiger partial charge is 0.140 e. The van der Waals surface area contributed by atoms with Gasteiger partial charge in [0, 0.05) is 24.8 Å². The molecular formula is C10H15NO3. The van der Waals surface area contributed by atoms with Crippen LogP contribution in [0.15, 0.2) is 6.20 Å². The first kappa shape index (κ1) is 10.9. The van der Waals surface area contributed by atoms with Gasteiger partial charge in [-0.15, -0.1) is 0 Å². The van der Waals surface area contributed by atoms with E-state index in [4.69, 9.17) is 5.11 Å². The molecule has 0 amide bonds. The van der Waals surface area contributed by atoms with E-state index in [1.54, 1.807) is 13.8 Å². The number of hydrogen-bond donors (Lipinski definition) is 3. The predicted octanol–water partition coefficient (Wildman–Crippen LogP) is 0.820. The van der Waals surface area contributed by atoms with Gasteiger partial charge in [0.25, 0.3) is 0 Å². The van der Waals surface area contributed by atoms with Crippen molar-refractivity contribution in [3.05, 3.63) is 23.0 Å².